The number of rotatable bonds is 7. The van der Waals surface area contributed by atoms with Crippen molar-refractivity contribution < 1.29 is 24.2 Å². The maximum absolute atomic E-state index is 12.3. The zero-order chi connectivity index (χ0) is 18.6. The van der Waals surface area contributed by atoms with E-state index in [1.165, 1.54) is 0 Å². The Labute approximate surface area is 155 Å². The standard InChI is InChI=1S/C17H19NO5S2/c1-10(2)9-23-12-5-4-11(6-13(12)22-3)7-14-16(21)18(8-15(19)20)17(24)25-14/h4-7,10H,8-9H2,1-3H3,(H,19,20)/b14-7-. The maximum atomic E-state index is 12.3. The Bertz CT molecular complexity index is 730. The Morgan fingerprint density at radius 3 is 2.72 bits per heavy atom. The Morgan fingerprint density at radius 1 is 1.40 bits per heavy atom. The Kier molecular flexibility index (Phi) is 6.44. The van der Waals surface area contributed by atoms with Crippen LogP contribution in [0.25, 0.3) is 6.08 Å². The van der Waals surface area contributed by atoms with E-state index in [2.05, 4.69) is 13.8 Å². The monoisotopic (exact) mass is 381 g/mol. The number of benzene rings is 1. The van der Waals surface area contributed by atoms with Gasteiger partial charge < -0.3 is 14.6 Å². The second kappa shape index (κ2) is 8.35. The van der Waals surface area contributed by atoms with E-state index in [0.29, 0.717) is 28.9 Å². The first kappa shape index (κ1) is 19.3. The summed E-state index contributed by atoms with van der Waals surface area (Å²) in [7, 11) is 1.55. The highest BCUT2D eigenvalue weighted by atomic mass is 32.2. The molecule has 1 aromatic carbocycles. The second-order valence-electron chi connectivity index (χ2n) is 5.78. The van der Waals surface area contributed by atoms with Gasteiger partial charge in [0, 0.05) is 0 Å². The Morgan fingerprint density at radius 2 is 2.12 bits per heavy atom. The van der Waals surface area contributed by atoms with Crippen molar-refractivity contribution in [3.8, 4) is 11.5 Å². The molecular weight excluding hydrogens is 362 g/mol. The van der Waals surface area contributed by atoms with E-state index in [1.54, 1.807) is 25.3 Å². The molecule has 1 aromatic rings. The van der Waals surface area contributed by atoms with Gasteiger partial charge in [-0.25, -0.2) is 0 Å². The summed E-state index contributed by atoms with van der Waals surface area (Å²) in [6.45, 7) is 4.25. The van der Waals surface area contributed by atoms with Crippen molar-refractivity contribution in [1.82, 2.24) is 4.90 Å². The molecule has 1 N–H and O–H groups in total. The predicted octanol–water partition coefficient (Wildman–Crippen LogP) is 3.02. The highest BCUT2D eigenvalue weighted by molar-refractivity contribution is 8.26. The van der Waals surface area contributed by atoms with Crippen LogP contribution in [0, 0.1) is 5.92 Å². The zero-order valence-corrected chi connectivity index (χ0v) is 15.8. The molecule has 1 aliphatic rings. The molecule has 1 saturated heterocycles. The first-order valence-electron chi connectivity index (χ1n) is 7.59. The summed E-state index contributed by atoms with van der Waals surface area (Å²) < 4.78 is 11.3. The molecule has 2 rings (SSSR count). The van der Waals surface area contributed by atoms with Crippen LogP contribution in [-0.4, -0.2) is 46.5 Å². The largest absolute Gasteiger partial charge is 0.493 e. The average molecular weight is 381 g/mol. The number of hydrogen-bond donors (Lipinski definition) is 1. The number of amides is 1. The Balaban J connectivity index is 2.22. The van der Waals surface area contributed by atoms with Crippen molar-refractivity contribution in [3.05, 3.63) is 28.7 Å². The number of carboxylic acid groups (broad SMARTS) is 1. The fourth-order valence-electron chi connectivity index (χ4n) is 2.07. The summed E-state index contributed by atoms with van der Waals surface area (Å²) in [5.41, 5.74) is 0.740. The number of methoxy groups -OCH3 is 1. The Hall–Kier alpha value is -2.06. The van der Waals surface area contributed by atoms with Crippen molar-refractivity contribution in [1.29, 1.82) is 0 Å². The van der Waals surface area contributed by atoms with Gasteiger partial charge in [-0.15, -0.1) is 0 Å². The second-order valence-corrected chi connectivity index (χ2v) is 7.45. The molecule has 0 aliphatic carbocycles. The summed E-state index contributed by atoms with van der Waals surface area (Å²) >= 11 is 6.16. The van der Waals surface area contributed by atoms with Crippen LogP contribution in [-0.2, 0) is 9.59 Å². The number of hydrogen-bond acceptors (Lipinski definition) is 6. The normalized spacial score (nSPS) is 16.0. The van der Waals surface area contributed by atoms with Crippen molar-refractivity contribution in [2.45, 2.75) is 13.8 Å². The van der Waals surface area contributed by atoms with E-state index < -0.39 is 18.4 Å². The zero-order valence-electron chi connectivity index (χ0n) is 14.1. The van der Waals surface area contributed by atoms with Crippen molar-refractivity contribution in [2.24, 2.45) is 5.92 Å². The molecule has 1 heterocycles. The molecule has 0 atom stereocenters. The lowest BCUT2D eigenvalue weighted by Crippen LogP contribution is -2.33. The minimum Gasteiger partial charge on any atom is -0.493 e. The number of nitrogens with zero attached hydrogens (tertiary/aromatic N) is 1. The summed E-state index contributed by atoms with van der Waals surface area (Å²) in [5, 5.41) is 8.86. The summed E-state index contributed by atoms with van der Waals surface area (Å²) in [6, 6.07) is 5.35. The van der Waals surface area contributed by atoms with Crippen LogP contribution in [0.15, 0.2) is 23.1 Å². The van der Waals surface area contributed by atoms with Crippen LogP contribution < -0.4 is 9.47 Å². The molecule has 1 amide bonds. The lowest BCUT2D eigenvalue weighted by Gasteiger charge is -2.13. The highest BCUT2D eigenvalue weighted by Crippen LogP contribution is 2.34. The first-order chi connectivity index (χ1) is 11.8. The van der Waals surface area contributed by atoms with Crippen LogP contribution in [0.3, 0.4) is 0 Å². The van der Waals surface area contributed by atoms with E-state index in [9.17, 15) is 9.59 Å². The van der Waals surface area contributed by atoms with Crippen LogP contribution >= 0.6 is 24.0 Å². The van der Waals surface area contributed by atoms with E-state index in [-0.39, 0.29) is 4.32 Å². The molecular formula is C17H19NO5S2. The number of aliphatic carboxylic acids is 1. The van der Waals surface area contributed by atoms with Crippen LogP contribution in [0.1, 0.15) is 19.4 Å². The SMILES string of the molecule is COc1cc(/C=C2\SC(=S)N(CC(=O)O)C2=O)ccc1OCC(C)C. The molecule has 0 spiro atoms. The fraction of sp³-hybridized carbons (Fsp3) is 0.353. The average Bonchev–Trinajstić information content (AvgIpc) is 2.80. The van der Waals surface area contributed by atoms with Crippen molar-refractivity contribution in [3.63, 3.8) is 0 Å². The molecule has 8 heteroatoms. The molecule has 6 nitrogen and oxygen atoms in total. The smallest absolute Gasteiger partial charge is 0.323 e. The molecule has 25 heavy (non-hydrogen) atoms. The van der Waals surface area contributed by atoms with Crippen LogP contribution in [0.5, 0.6) is 11.5 Å². The number of thioether (sulfide) groups is 1. The maximum Gasteiger partial charge on any atom is 0.323 e. The summed E-state index contributed by atoms with van der Waals surface area (Å²) in [4.78, 5) is 24.6. The molecule has 1 aliphatic heterocycles. The third kappa shape index (κ3) is 4.96. The van der Waals surface area contributed by atoms with E-state index in [1.807, 2.05) is 6.07 Å². The van der Waals surface area contributed by atoms with E-state index in [0.717, 1.165) is 22.2 Å². The molecule has 134 valence electrons. The molecule has 0 radical (unpaired) electrons. The topological polar surface area (TPSA) is 76.1 Å². The van der Waals surface area contributed by atoms with Gasteiger partial charge in [0.05, 0.1) is 18.6 Å². The van der Waals surface area contributed by atoms with Gasteiger partial charge in [-0.2, -0.15) is 0 Å². The predicted molar refractivity (Wildman–Crippen MR) is 101 cm³/mol. The lowest BCUT2D eigenvalue weighted by atomic mass is 10.1. The van der Waals surface area contributed by atoms with Gasteiger partial charge in [-0.1, -0.05) is 43.9 Å². The molecule has 0 bridgehead atoms. The summed E-state index contributed by atoms with van der Waals surface area (Å²) in [6.07, 6.45) is 1.66. The van der Waals surface area contributed by atoms with Crippen molar-refractivity contribution in [2.75, 3.05) is 20.3 Å². The first-order valence-corrected chi connectivity index (χ1v) is 8.82. The minimum atomic E-state index is -1.11. The number of thiocarbonyl (C=S) groups is 1. The van der Waals surface area contributed by atoms with E-state index >= 15 is 0 Å². The number of carbonyl (C=O) groups is 2. The number of carbonyl (C=O) groups excluding carboxylic acids is 1. The molecule has 0 saturated carbocycles. The van der Waals surface area contributed by atoms with Gasteiger partial charge in [0.1, 0.15) is 10.9 Å². The third-order valence-electron chi connectivity index (χ3n) is 3.22. The van der Waals surface area contributed by atoms with Crippen LogP contribution in [0.2, 0.25) is 0 Å². The summed E-state index contributed by atoms with van der Waals surface area (Å²) in [5.74, 6) is 0.0739. The van der Waals surface area contributed by atoms with Gasteiger partial charge in [0.2, 0.25) is 0 Å². The van der Waals surface area contributed by atoms with Crippen LogP contribution in [0.4, 0.5) is 0 Å². The van der Waals surface area contributed by atoms with Gasteiger partial charge in [-0.3, -0.25) is 14.5 Å². The molecule has 1 fully saturated rings. The lowest BCUT2D eigenvalue weighted by molar-refractivity contribution is -0.140. The van der Waals surface area contributed by atoms with Gasteiger partial charge in [0.15, 0.2) is 11.5 Å². The quantitative estimate of drug-likeness (QED) is 0.575. The van der Waals surface area contributed by atoms with Gasteiger partial charge in [-0.05, 0) is 29.7 Å². The third-order valence-corrected chi connectivity index (χ3v) is 4.60. The molecule has 0 aromatic heterocycles. The van der Waals surface area contributed by atoms with Gasteiger partial charge >= 0.3 is 5.97 Å². The molecule has 0 unspecified atom stereocenters. The van der Waals surface area contributed by atoms with Gasteiger partial charge in [0.25, 0.3) is 5.91 Å². The van der Waals surface area contributed by atoms with Crippen molar-refractivity contribution >= 4 is 46.3 Å². The number of carboxylic acids is 1. The van der Waals surface area contributed by atoms with E-state index in [4.69, 9.17) is 26.8 Å². The fourth-order valence-corrected chi connectivity index (χ4v) is 3.33. The minimum absolute atomic E-state index is 0.238. The highest BCUT2D eigenvalue weighted by Gasteiger charge is 2.33. The number of ether oxygens (including phenoxy) is 2.